The number of fused-ring (bicyclic) bond motifs is 3. The molecule has 0 aromatic heterocycles. The molecule has 1 heterocycles. The third-order valence-electron chi connectivity index (χ3n) is 8.22. The number of methoxy groups -OCH3 is 1. The van der Waals surface area contributed by atoms with Gasteiger partial charge in [0.1, 0.15) is 35.6 Å². The fourth-order valence-electron chi connectivity index (χ4n) is 6.06. The molecular formula is C30H34N2O11. The van der Waals surface area contributed by atoms with Crippen molar-refractivity contribution >= 4 is 23.7 Å². The van der Waals surface area contributed by atoms with E-state index in [4.69, 9.17) is 14.2 Å². The molecule has 1 saturated heterocycles. The number of carbonyl (C=O) groups excluding carboxylic acids is 3. The van der Waals surface area contributed by atoms with Crippen LogP contribution in [0.5, 0.6) is 17.2 Å². The lowest BCUT2D eigenvalue weighted by Gasteiger charge is -2.42. The molecule has 1 fully saturated rings. The molecule has 13 heteroatoms. The second kappa shape index (κ2) is 11.3. The Kier molecular flexibility index (Phi) is 8.05. The van der Waals surface area contributed by atoms with Crippen LogP contribution in [0.25, 0.3) is 0 Å². The van der Waals surface area contributed by atoms with Crippen LogP contribution in [0.15, 0.2) is 23.2 Å². The molecular weight excluding hydrogens is 564 g/mol. The van der Waals surface area contributed by atoms with E-state index in [1.165, 1.54) is 31.6 Å². The van der Waals surface area contributed by atoms with E-state index >= 15 is 0 Å². The lowest BCUT2D eigenvalue weighted by molar-refractivity contribution is -0.247. The second-order valence-corrected chi connectivity index (χ2v) is 11.3. The van der Waals surface area contributed by atoms with Crippen molar-refractivity contribution < 1.29 is 54.1 Å². The number of hydrogen-bond acceptors (Lipinski definition) is 12. The number of nitrogens with zero attached hydrogens (tertiary/aromatic N) is 2. The average Bonchev–Trinajstić information content (AvgIpc) is 2.97. The van der Waals surface area contributed by atoms with Gasteiger partial charge in [-0.1, -0.05) is 12.1 Å². The summed E-state index contributed by atoms with van der Waals surface area (Å²) in [6.07, 6.45) is -3.59. The molecule has 1 aliphatic heterocycles. The van der Waals surface area contributed by atoms with E-state index < -0.39 is 95.7 Å². The van der Waals surface area contributed by atoms with Crippen LogP contribution in [0.3, 0.4) is 0 Å². The minimum Gasteiger partial charge on any atom is -0.507 e. The zero-order valence-electron chi connectivity index (χ0n) is 24.1. The fraction of sp³-hybridized carbons (Fsp3) is 0.467. The van der Waals surface area contributed by atoms with E-state index in [2.05, 4.69) is 4.99 Å². The molecule has 3 aliphatic rings. The minimum atomic E-state index is -2.25. The summed E-state index contributed by atoms with van der Waals surface area (Å²) in [7, 11) is 4.86. The number of rotatable bonds is 7. The van der Waals surface area contributed by atoms with Crippen LogP contribution in [0.4, 0.5) is 0 Å². The van der Waals surface area contributed by atoms with Gasteiger partial charge in [-0.05, 0) is 13.0 Å². The normalized spacial score (nSPS) is 28.3. The number of aromatic hydroxyl groups is 2. The summed E-state index contributed by atoms with van der Waals surface area (Å²) in [6.45, 7) is 0.596. The first-order valence-corrected chi connectivity index (χ1v) is 13.7. The monoisotopic (exact) mass is 598 g/mol. The molecule has 5 rings (SSSR count). The van der Waals surface area contributed by atoms with E-state index in [-0.39, 0.29) is 34.4 Å². The Morgan fingerprint density at radius 1 is 1.16 bits per heavy atom. The molecule has 0 bridgehead atoms. The SMILES string of the molecule is COc1cccc2c1C(=O)c1c(O)c3c(c(O)c1C2=O)C[C@@](O)(C(=O)CO)C[C@@H]3O[C@H]1C[C@H](N=CN(C)C)[C@H](O)[C@H](C)O1. The molecule has 0 spiro atoms. The van der Waals surface area contributed by atoms with Crippen LogP contribution in [-0.4, -0.2) is 112 Å². The van der Waals surface area contributed by atoms with Crippen molar-refractivity contribution in [2.75, 3.05) is 27.8 Å². The molecule has 2 aromatic carbocycles. The summed E-state index contributed by atoms with van der Waals surface area (Å²) in [6, 6.07) is 3.73. The highest BCUT2D eigenvalue weighted by atomic mass is 16.7. The molecule has 0 saturated carbocycles. The van der Waals surface area contributed by atoms with Crippen molar-refractivity contribution in [3.63, 3.8) is 0 Å². The third kappa shape index (κ3) is 5.06. The van der Waals surface area contributed by atoms with Crippen LogP contribution in [0.1, 0.15) is 68.8 Å². The van der Waals surface area contributed by atoms with Gasteiger partial charge in [0.05, 0.1) is 48.4 Å². The maximum Gasteiger partial charge on any atom is 0.202 e. The average molecular weight is 599 g/mol. The summed E-state index contributed by atoms with van der Waals surface area (Å²) in [5.74, 6) is -3.77. The largest absolute Gasteiger partial charge is 0.507 e. The Morgan fingerprint density at radius 2 is 1.86 bits per heavy atom. The third-order valence-corrected chi connectivity index (χ3v) is 8.22. The predicted molar refractivity (Wildman–Crippen MR) is 150 cm³/mol. The van der Waals surface area contributed by atoms with Crippen molar-refractivity contribution in [2.45, 2.75) is 62.4 Å². The number of benzene rings is 2. The topological polar surface area (TPSA) is 196 Å². The zero-order chi connectivity index (χ0) is 31.4. The summed E-state index contributed by atoms with van der Waals surface area (Å²) in [5, 5.41) is 54.7. The molecule has 0 unspecified atom stereocenters. The van der Waals surface area contributed by atoms with E-state index in [9.17, 15) is 39.9 Å². The smallest absolute Gasteiger partial charge is 0.202 e. The van der Waals surface area contributed by atoms with Crippen LogP contribution in [0, 0.1) is 0 Å². The number of carbonyl (C=O) groups is 3. The van der Waals surface area contributed by atoms with Gasteiger partial charge in [-0.3, -0.25) is 19.4 Å². The van der Waals surface area contributed by atoms with Crippen molar-refractivity contribution in [1.29, 1.82) is 0 Å². The lowest BCUT2D eigenvalue weighted by atomic mass is 9.72. The highest BCUT2D eigenvalue weighted by molar-refractivity contribution is 6.31. The Labute approximate surface area is 246 Å². The second-order valence-electron chi connectivity index (χ2n) is 11.3. The molecule has 5 N–H and O–H groups in total. The summed E-state index contributed by atoms with van der Waals surface area (Å²) >= 11 is 0. The van der Waals surface area contributed by atoms with E-state index in [0.29, 0.717) is 0 Å². The first-order chi connectivity index (χ1) is 20.3. The molecule has 43 heavy (non-hydrogen) atoms. The summed E-state index contributed by atoms with van der Waals surface area (Å²) < 4.78 is 17.3. The molecule has 230 valence electrons. The Balaban J connectivity index is 1.64. The lowest BCUT2D eigenvalue weighted by Crippen LogP contribution is -2.50. The number of hydrogen-bond donors (Lipinski definition) is 5. The molecule has 6 atom stereocenters. The number of aliphatic hydroxyl groups is 3. The highest BCUT2D eigenvalue weighted by Crippen LogP contribution is 2.52. The van der Waals surface area contributed by atoms with Gasteiger partial charge >= 0.3 is 0 Å². The van der Waals surface area contributed by atoms with Crippen LogP contribution >= 0.6 is 0 Å². The molecule has 13 nitrogen and oxygen atoms in total. The quantitative estimate of drug-likeness (QED) is 0.145. The van der Waals surface area contributed by atoms with Crippen LogP contribution in [0.2, 0.25) is 0 Å². The number of Topliss-reactive ketones (excluding diaryl/α,β-unsaturated/α-hetero) is 1. The standard InChI is InChI=1S/C30H34N2O11/c1-13-25(35)16(31-12-32(2)3)8-20(42-13)43-18-10-30(40,19(34)11-33)9-15-22(18)29(39)24-23(27(15)37)26(36)14-6-5-7-17(41-4)21(14)28(24)38/h5-7,12-13,16,18,20,25,33,35,37,39-40H,8-11H2,1-4H3/t13-,16-,18-,20-,25+,30-/m0/s1. The minimum absolute atomic E-state index is 0.0493. The van der Waals surface area contributed by atoms with Crippen LogP contribution < -0.4 is 4.74 Å². The van der Waals surface area contributed by atoms with Gasteiger partial charge in [0.25, 0.3) is 0 Å². The van der Waals surface area contributed by atoms with Crippen molar-refractivity contribution in [3.05, 3.63) is 51.6 Å². The molecule has 2 aliphatic carbocycles. The van der Waals surface area contributed by atoms with Crippen molar-refractivity contribution in [1.82, 2.24) is 4.90 Å². The number of aliphatic hydroxyl groups excluding tert-OH is 2. The van der Waals surface area contributed by atoms with Gasteiger partial charge in [-0.25, -0.2) is 0 Å². The van der Waals surface area contributed by atoms with Gasteiger partial charge in [-0.2, -0.15) is 0 Å². The maximum absolute atomic E-state index is 13.8. The Hall–Kier alpha value is -3.88. The van der Waals surface area contributed by atoms with Gasteiger partial charge in [0.15, 0.2) is 17.9 Å². The van der Waals surface area contributed by atoms with E-state index in [0.717, 1.165) is 0 Å². The predicted octanol–water partition coefficient (Wildman–Crippen LogP) is 0.632. The first-order valence-electron chi connectivity index (χ1n) is 13.7. The van der Waals surface area contributed by atoms with Crippen molar-refractivity contribution in [3.8, 4) is 17.2 Å². The molecule has 0 amide bonds. The number of aliphatic imine (C=N–C) groups is 1. The van der Waals surface area contributed by atoms with Gasteiger partial charge < -0.3 is 44.6 Å². The van der Waals surface area contributed by atoms with Crippen molar-refractivity contribution in [2.24, 2.45) is 4.99 Å². The Bertz CT molecular complexity index is 1520. The van der Waals surface area contributed by atoms with E-state index in [1.54, 1.807) is 25.9 Å². The van der Waals surface area contributed by atoms with E-state index in [1.807, 2.05) is 0 Å². The number of ether oxygens (including phenoxy) is 3. The van der Waals surface area contributed by atoms with Gasteiger partial charge in [0, 0.05) is 50.0 Å². The first kappa shape index (κ1) is 30.6. The van der Waals surface area contributed by atoms with Gasteiger partial charge in [-0.15, -0.1) is 0 Å². The van der Waals surface area contributed by atoms with Gasteiger partial charge in [0.2, 0.25) is 5.78 Å². The number of phenols is 2. The number of phenolic OH excluding ortho intramolecular Hbond substituents is 2. The maximum atomic E-state index is 13.8. The zero-order valence-corrected chi connectivity index (χ0v) is 24.1. The summed E-state index contributed by atoms with van der Waals surface area (Å²) in [5.41, 5.74) is -3.63. The van der Waals surface area contributed by atoms with Crippen LogP contribution in [-0.2, 0) is 20.7 Å². The highest BCUT2D eigenvalue weighted by Gasteiger charge is 2.50. The Morgan fingerprint density at radius 3 is 2.51 bits per heavy atom. The summed E-state index contributed by atoms with van der Waals surface area (Å²) in [4.78, 5) is 46.2. The molecule has 2 aromatic rings. The molecule has 0 radical (unpaired) electrons. The number of ketones is 3. The fourth-order valence-corrected chi connectivity index (χ4v) is 6.06.